The lowest BCUT2D eigenvalue weighted by Crippen LogP contribution is -2.18. The van der Waals surface area contributed by atoms with Gasteiger partial charge in [0.05, 0.1) is 4.47 Å². The van der Waals surface area contributed by atoms with Crippen molar-refractivity contribution in [3.63, 3.8) is 0 Å². The van der Waals surface area contributed by atoms with E-state index in [2.05, 4.69) is 15.9 Å². The summed E-state index contributed by atoms with van der Waals surface area (Å²) in [6.07, 6.45) is 0. The number of aliphatic hydroxyl groups excluding tert-OH is 1. The second-order valence-corrected chi connectivity index (χ2v) is 3.35. The average molecular weight is 255 g/mol. The predicted molar refractivity (Wildman–Crippen MR) is 45.1 cm³/mol. The highest BCUT2D eigenvalue weighted by Gasteiger charge is 2.30. The molecule has 1 aromatic carbocycles. The first-order chi connectivity index (χ1) is 5.97. The lowest BCUT2D eigenvalue weighted by Gasteiger charge is -2.13. The van der Waals surface area contributed by atoms with Gasteiger partial charge in [-0.3, -0.25) is 0 Å². The van der Waals surface area contributed by atoms with Gasteiger partial charge in [0, 0.05) is 5.56 Å². The number of hydrogen-bond acceptors (Lipinski definition) is 1. The van der Waals surface area contributed by atoms with Crippen molar-refractivity contribution in [3.05, 3.63) is 34.1 Å². The molecule has 0 atom stereocenters. The molecule has 0 unspecified atom stereocenters. The maximum absolute atomic E-state index is 12.8. The molecule has 0 radical (unpaired) electrons. The maximum atomic E-state index is 12.8. The lowest BCUT2D eigenvalue weighted by atomic mass is 10.1. The molecule has 0 bridgehead atoms. The Morgan fingerprint density at radius 3 is 2.46 bits per heavy atom. The highest BCUT2D eigenvalue weighted by atomic mass is 79.9. The van der Waals surface area contributed by atoms with Crippen LogP contribution in [-0.4, -0.2) is 11.7 Å². The summed E-state index contributed by atoms with van der Waals surface area (Å²) in [5.41, 5.74) is -0.414. The summed E-state index contributed by atoms with van der Waals surface area (Å²) in [4.78, 5) is 0. The van der Waals surface area contributed by atoms with E-state index in [-0.39, 0.29) is 4.47 Å². The lowest BCUT2D eigenvalue weighted by molar-refractivity contribution is -0.0557. The van der Waals surface area contributed by atoms with Crippen LogP contribution in [0.1, 0.15) is 5.56 Å². The highest BCUT2D eigenvalue weighted by molar-refractivity contribution is 9.10. The molecule has 0 amide bonds. The van der Waals surface area contributed by atoms with Crippen molar-refractivity contribution in [3.8, 4) is 0 Å². The van der Waals surface area contributed by atoms with E-state index in [0.717, 1.165) is 18.2 Å². The summed E-state index contributed by atoms with van der Waals surface area (Å²) in [6.45, 7) is -1.29. The molecule has 1 nitrogen and oxygen atoms in total. The Morgan fingerprint density at radius 2 is 2.00 bits per heavy atom. The van der Waals surface area contributed by atoms with E-state index < -0.39 is 23.9 Å². The van der Waals surface area contributed by atoms with Crippen LogP contribution in [0.15, 0.2) is 22.7 Å². The Labute approximate surface area is 81.3 Å². The Bertz CT molecular complexity index is 314. The zero-order valence-electron chi connectivity index (χ0n) is 6.40. The van der Waals surface area contributed by atoms with Gasteiger partial charge in [0.2, 0.25) is 0 Å². The smallest absolute Gasteiger partial charge is 0.295 e. The van der Waals surface area contributed by atoms with Crippen molar-refractivity contribution in [1.29, 1.82) is 0 Å². The summed E-state index contributed by atoms with van der Waals surface area (Å²) in [5.74, 6) is -3.94. The van der Waals surface area contributed by atoms with Crippen LogP contribution in [0.25, 0.3) is 0 Å². The highest BCUT2D eigenvalue weighted by Crippen LogP contribution is 2.29. The van der Waals surface area contributed by atoms with E-state index in [9.17, 15) is 13.2 Å². The fourth-order valence-electron chi connectivity index (χ4n) is 0.815. The number of halogens is 4. The molecule has 1 N–H and O–H groups in total. The van der Waals surface area contributed by atoms with Crippen LogP contribution < -0.4 is 0 Å². The summed E-state index contributed by atoms with van der Waals surface area (Å²) in [6, 6.07) is 2.81. The molecule has 0 aliphatic heterocycles. The Morgan fingerprint density at radius 1 is 1.38 bits per heavy atom. The van der Waals surface area contributed by atoms with Crippen molar-refractivity contribution in [1.82, 2.24) is 0 Å². The summed E-state index contributed by atoms with van der Waals surface area (Å²) >= 11 is 2.78. The molecule has 5 heteroatoms. The summed E-state index contributed by atoms with van der Waals surface area (Å²) in [7, 11) is 0. The van der Waals surface area contributed by atoms with E-state index in [4.69, 9.17) is 5.11 Å². The minimum Gasteiger partial charge on any atom is -0.390 e. The molecule has 0 aromatic heterocycles. The van der Waals surface area contributed by atoms with Gasteiger partial charge in [-0.2, -0.15) is 8.78 Å². The van der Waals surface area contributed by atoms with Crippen molar-refractivity contribution in [2.75, 3.05) is 6.61 Å². The fourth-order valence-corrected chi connectivity index (χ4v) is 1.19. The van der Waals surface area contributed by atoms with Gasteiger partial charge in [-0.1, -0.05) is 0 Å². The molecule has 1 rings (SSSR count). The molecule has 0 aliphatic carbocycles. The van der Waals surface area contributed by atoms with Crippen molar-refractivity contribution in [2.45, 2.75) is 5.92 Å². The van der Waals surface area contributed by atoms with E-state index in [1.165, 1.54) is 0 Å². The molecule has 0 fully saturated rings. The number of aliphatic hydroxyl groups is 1. The van der Waals surface area contributed by atoms with Crippen LogP contribution in [-0.2, 0) is 5.92 Å². The Hall–Kier alpha value is -0.550. The molecular weight excluding hydrogens is 249 g/mol. The largest absolute Gasteiger partial charge is 0.390 e. The number of benzene rings is 1. The van der Waals surface area contributed by atoms with Crippen LogP contribution in [0.2, 0.25) is 0 Å². The van der Waals surface area contributed by atoms with Gasteiger partial charge < -0.3 is 5.11 Å². The van der Waals surface area contributed by atoms with Gasteiger partial charge in [0.15, 0.2) is 0 Å². The van der Waals surface area contributed by atoms with Crippen molar-refractivity contribution < 1.29 is 18.3 Å². The molecule has 1 aromatic rings. The van der Waals surface area contributed by atoms with Crippen molar-refractivity contribution >= 4 is 15.9 Å². The zero-order valence-corrected chi connectivity index (χ0v) is 7.98. The zero-order chi connectivity index (χ0) is 10.1. The number of hydrogen-bond donors (Lipinski definition) is 1. The first-order valence-corrected chi connectivity index (χ1v) is 4.21. The second kappa shape index (κ2) is 3.67. The third-order valence-electron chi connectivity index (χ3n) is 1.54. The van der Waals surface area contributed by atoms with E-state index in [1.807, 2.05) is 0 Å². The van der Waals surface area contributed by atoms with E-state index in [0.29, 0.717) is 0 Å². The van der Waals surface area contributed by atoms with Gasteiger partial charge in [-0.15, -0.1) is 0 Å². The summed E-state index contributed by atoms with van der Waals surface area (Å²) < 4.78 is 38.2. The van der Waals surface area contributed by atoms with Crippen LogP contribution in [0.3, 0.4) is 0 Å². The number of alkyl halides is 2. The van der Waals surface area contributed by atoms with E-state index >= 15 is 0 Å². The number of rotatable bonds is 2. The summed E-state index contributed by atoms with van der Waals surface area (Å²) in [5, 5.41) is 8.35. The molecule has 0 spiro atoms. The standard InChI is InChI=1S/C8H6BrF3O/c9-6-3-5(1-2-7(6)10)8(11,12)4-13/h1-3,13H,4H2. The Kier molecular flexibility index (Phi) is 2.98. The van der Waals surface area contributed by atoms with Gasteiger partial charge in [0.25, 0.3) is 5.92 Å². The first-order valence-electron chi connectivity index (χ1n) is 3.41. The van der Waals surface area contributed by atoms with Crippen LogP contribution in [0, 0.1) is 5.82 Å². The first kappa shape index (κ1) is 10.5. The van der Waals surface area contributed by atoms with Gasteiger partial charge in [0.1, 0.15) is 12.4 Å². The average Bonchev–Trinajstić information content (AvgIpc) is 2.09. The minimum atomic E-state index is -3.32. The molecule has 13 heavy (non-hydrogen) atoms. The molecule has 0 aliphatic rings. The minimum absolute atomic E-state index is 0.0434. The Balaban J connectivity index is 3.10. The van der Waals surface area contributed by atoms with Crippen LogP contribution in [0.5, 0.6) is 0 Å². The van der Waals surface area contributed by atoms with Gasteiger partial charge >= 0.3 is 0 Å². The molecular formula is C8H6BrF3O. The third kappa shape index (κ3) is 2.22. The second-order valence-electron chi connectivity index (χ2n) is 2.49. The SMILES string of the molecule is OCC(F)(F)c1ccc(F)c(Br)c1. The fraction of sp³-hybridized carbons (Fsp3) is 0.250. The quantitative estimate of drug-likeness (QED) is 0.861. The molecule has 0 saturated heterocycles. The maximum Gasteiger partial charge on any atom is 0.295 e. The van der Waals surface area contributed by atoms with Crippen molar-refractivity contribution in [2.24, 2.45) is 0 Å². The predicted octanol–water partition coefficient (Wildman–Crippen LogP) is 2.67. The normalized spacial score (nSPS) is 11.8. The third-order valence-corrected chi connectivity index (χ3v) is 2.15. The van der Waals surface area contributed by atoms with Crippen LogP contribution >= 0.6 is 15.9 Å². The van der Waals surface area contributed by atoms with Crippen LogP contribution in [0.4, 0.5) is 13.2 Å². The van der Waals surface area contributed by atoms with E-state index in [1.54, 1.807) is 0 Å². The monoisotopic (exact) mass is 254 g/mol. The van der Waals surface area contributed by atoms with Gasteiger partial charge in [-0.05, 0) is 34.1 Å². The molecule has 72 valence electrons. The molecule has 0 heterocycles. The van der Waals surface area contributed by atoms with Gasteiger partial charge in [-0.25, -0.2) is 4.39 Å². The molecule has 0 saturated carbocycles. The topological polar surface area (TPSA) is 20.2 Å².